The van der Waals surface area contributed by atoms with Crippen LogP contribution in [0.3, 0.4) is 0 Å². The van der Waals surface area contributed by atoms with E-state index in [-0.39, 0.29) is 6.04 Å². The topological polar surface area (TPSA) is 21.6 Å². The molecule has 0 saturated carbocycles. The number of hydrogen-bond donors (Lipinski definition) is 0. The van der Waals surface area contributed by atoms with E-state index in [1.165, 1.54) is 4.90 Å². The molecule has 1 aromatic rings. The highest BCUT2D eigenvalue weighted by Gasteiger charge is 2.05. The normalized spacial score (nSPS) is 19.0. The van der Waals surface area contributed by atoms with E-state index in [4.69, 9.17) is 4.74 Å². The Kier molecular flexibility index (Phi) is 4.65. The zero-order valence-corrected chi connectivity index (χ0v) is 11.5. The second kappa shape index (κ2) is 6.45. The van der Waals surface area contributed by atoms with Gasteiger partial charge in [-0.1, -0.05) is 18.2 Å². The first-order valence-electron chi connectivity index (χ1n) is 5.91. The molecule has 0 amide bonds. The lowest BCUT2D eigenvalue weighted by Crippen LogP contribution is -2.04. The number of rotatable bonds is 4. The lowest BCUT2D eigenvalue weighted by molar-refractivity contribution is 0.303. The van der Waals surface area contributed by atoms with Crippen LogP contribution in [-0.4, -0.2) is 25.6 Å². The van der Waals surface area contributed by atoms with Gasteiger partial charge in [0.05, 0.1) is 13.2 Å². The quantitative estimate of drug-likeness (QED) is 0.607. The van der Waals surface area contributed by atoms with Crippen LogP contribution in [0.4, 0.5) is 0 Å². The second-order valence-electron chi connectivity index (χ2n) is 4.02. The number of methoxy groups -OCH3 is 1. The molecule has 2 rings (SSSR count). The number of ether oxygens (including phenoxy) is 1. The van der Waals surface area contributed by atoms with Gasteiger partial charge in [-0.2, -0.15) is 0 Å². The monoisotopic (exact) mass is 259 g/mol. The van der Waals surface area contributed by atoms with Crippen molar-refractivity contribution >= 4 is 18.0 Å². The summed E-state index contributed by atoms with van der Waals surface area (Å²) in [5, 5.41) is 0. The van der Waals surface area contributed by atoms with Gasteiger partial charge in [0, 0.05) is 11.1 Å². The van der Waals surface area contributed by atoms with Crippen molar-refractivity contribution in [2.75, 3.05) is 13.4 Å². The molecule has 0 fully saturated rings. The first-order valence-corrected chi connectivity index (χ1v) is 7.14. The molecule has 1 aliphatic carbocycles. The van der Waals surface area contributed by atoms with E-state index in [1.54, 1.807) is 18.9 Å². The molecule has 0 N–H and O–H groups in total. The van der Waals surface area contributed by atoms with E-state index in [1.807, 2.05) is 12.3 Å². The van der Waals surface area contributed by atoms with Crippen LogP contribution in [0.2, 0.25) is 0 Å². The van der Waals surface area contributed by atoms with Crippen molar-refractivity contribution in [1.29, 1.82) is 0 Å². The van der Waals surface area contributed by atoms with Crippen molar-refractivity contribution in [3.05, 3.63) is 53.8 Å². The SMILES string of the molecule is COC1=CCC(/N=C/c2ccc(SC)cc2)C=C1. The summed E-state index contributed by atoms with van der Waals surface area (Å²) in [7, 11) is 1.69. The Hall–Kier alpha value is -1.48. The number of benzene rings is 1. The van der Waals surface area contributed by atoms with E-state index in [2.05, 4.69) is 47.7 Å². The fourth-order valence-corrected chi connectivity index (χ4v) is 2.13. The van der Waals surface area contributed by atoms with Crippen molar-refractivity contribution < 1.29 is 4.74 Å². The molecule has 1 atom stereocenters. The minimum absolute atomic E-state index is 0.226. The number of thioether (sulfide) groups is 1. The van der Waals surface area contributed by atoms with Crippen LogP contribution >= 0.6 is 11.8 Å². The second-order valence-corrected chi connectivity index (χ2v) is 4.90. The summed E-state index contributed by atoms with van der Waals surface area (Å²) in [6.45, 7) is 0. The first kappa shape index (κ1) is 13.0. The third-order valence-electron chi connectivity index (χ3n) is 2.81. The predicted octanol–water partition coefficient (Wildman–Crippen LogP) is 3.69. The zero-order valence-electron chi connectivity index (χ0n) is 10.7. The van der Waals surface area contributed by atoms with Gasteiger partial charge in [0.15, 0.2) is 0 Å². The lowest BCUT2D eigenvalue weighted by atomic mass is 10.1. The van der Waals surface area contributed by atoms with Crippen LogP contribution in [0.15, 0.2) is 58.1 Å². The summed E-state index contributed by atoms with van der Waals surface area (Å²) in [5.74, 6) is 0.922. The Bertz CT molecular complexity index is 474. The van der Waals surface area contributed by atoms with Gasteiger partial charge in [-0.15, -0.1) is 11.8 Å². The van der Waals surface area contributed by atoms with Crippen molar-refractivity contribution in [3.8, 4) is 0 Å². The molecular weight excluding hydrogens is 242 g/mol. The molecule has 0 aromatic heterocycles. The van der Waals surface area contributed by atoms with Crippen molar-refractivity contribution in [2.24, 2.45) is 4.99 Å². The van der Waals surface area contributed by atoms with Gasteiger partial charge >= 0.3 is 0 Å². The Morgan fingerprint density at radius 3 is 2.67 bits per heavy atom. The maximum Gasteiger partial charge on any atom is 0.114 e. The molecule has 0 radical (unpaired) electrons. The summed E-state index contributed by atoms with van der Waals surface area (Å²) in [6.07, 6.45) is 11.0. The first-order chi connectivity index (χ1) is 8.81. The molecular formula is C15H17NOS. The van der Waals surface area contributed by atoms with E-state index < -0.39 is 0 Å². The highest BCUT2D eigenvalue weighted by molar-refractivity contribution is 7.98. The highest BCUT2D eigenvalue weighted by Crippen LogP contribution is 2.15. The average molecular weight is 259 g/mol. The Morgan fingerprint density at radius 2 is 2.11 bits per heavy atom. The number of hydrogen-bond acceptors (Lipinski definition) is 3. The fraction of sp³-hybridized carbons (Fsp3) is 0.267. The van der Waals surface area contributed by atoms with Gasteiger partial charge in [-0.25, -0.2) is 0 Å². The van der Waals surface area contributed by atoms with Gasteiger partial charge in [0.25, 0.3) is 0 Å². The Morgan fingerprint density at radius 1 is 1.33 bits per heavy atom. The van der Waals surface area contributed by atoms with E-state index in [0.717, 1.165) is 17.7 Å². The van der Waals surface area contributed by atoms with Crippen LogP contribution in [-0.2, 0) is 4.74 Å². The molecule has 2 nitrogen and oxygen atoms in total. The number of allylic oxidation sites excluding steroid dienone is 1. The van der Waals surface area contributed by atoms with Crippen molar-refractivity contribution in [1.82, 2.24) is 0 Å². The van der Waals surface area contributed by atoms with Crippen molar-refractivity contribution in [3.63, 3.8) is 0 Å². The standard InChI is InChI=1S/C15H17NOS/c1-17-14-7-5-13(6-8-14)16-11-12-3-9-15(18-2)10-4-12/h3-5,7-11,13H,6H2,1-2H3/b16-11+. The molecule has 1 aliphatic rings. The van der Waals surface area contributed by atoms with E-state index in [9.17, 15) is 0 Å². The summed E-state index contributed by atoms with van der Waals surface area (Å²) >= 11 is 1.75. The lowest BCUT2D eigenvalue weighted by Gasteiger charge is -2.11. The minimum Gasteiger partial charge on any atom is -0.497 e. The van der Waals surface area contributed by atoms with Gasteiger partial charge in [-0.05, 0) is 42.5 Å². The summed E-state index contributed by atoms with van der Waals surface area (Å²) in [6, 6.07) is 8.65. The summed E-state index contributed by atoms with van der Waals surface area (Å²) < 4.78 is 5.15. The third-order valence-corrected chi connectivity index (χ3v) is 3.55. The van der Waals surface area contributed by atoms with Crippen LogP contribution in [0.1, 0.15) is 12.0 Å². The maximum atomic E-state index is 5.15. The molecule has 1 aromatic carbocycles. The van der Waals surface area contributed by atoms with Crippen LogP contribution in [0.25, 0.3) is 0 Å². The fourth-order valence-electron chi connectivity index (χ4n) is 1.72. The minimum atomic E-state index is 0.226. The maximum absolute atomic E-state index is 5.15. The molecule has 0 heterocycles. The molecule has 3 heteroatoms. The van der Waals surface area contributed by atoms with Gasteiger partial charge < -0.3 is 4.74 Å². The van der Waals surface area contributed by atoms with Crippen LogP contribution in [0.5, 0.6) is 0 Å². The highest BCUT2D eigenvalue weighted by atomic mass is 32.2. The predicted molar refractivity (Wildman–Crippen MR) is 78.5 cm³/mol. The smallest absolute Gasteiger partial charge is 0.114 e. The van der Waals surface area contributed by atoms with E-state index >= 15 is 0 Å². The van der Waals surface area contributed by atoms with Crippen molar-refractivity contribution in [2.45, 2.75) is 17.4 Å². The molecule has 0 bridgehead atoms. The summed E-state index contributed by atoms with van der Waals surface area (Å²) in [4.78, 5) is 5.83. The van der Waals surface area contributed by atoms with Gasteiger partial charge in [0.2, 0.25) is 0 Å². The largest absolute Gasteiger partial charge is 0.497 e. The van der Waals surface area contributed by atoms with Gasteiger partial charge in [-0.3, -0.25) is 4.99 Å². The number of aliphatic imine (C=N–C) groups is 1. The molecule has 0 spiro atoms. The van der Waals surface area contributed by atoms with E-state index in [0.29, 0.717) is 0 Å². The molecule has 94 valence electrons. The van der Waals surface area contributed by atoms with Crippen LogP contribution < -0.4 is 0 Å². The zero-order chi connectivity index (χ0) is 12.8. The Labute approximate surface area is 112 Å². The third kappa shape index (κ3) is 3.50. The molecule has 0 saturated heterocycles. The Balaban J connectivity index is 1.95. The average Bonchev–Trinajstić information content (AvgIpc) is 2.46. The molecule has 1 unspecified atom stereocenters. The summed E-state index contributed by atoms with van der Waals surface area (Å²) in [5.41, 5.74) is 1.14. The molecule has 0 aliphatic heterocycles. The van der Waals surface area contributed by atoms with Crippen LogP contribution in [0, 0.1) is 0 Å². The molecule has 18 heavy (non-hydrogen) atoms. The number of nitrogens with zero attached hydrogens (tertiary/aromatic N) is 1. The van der Waals surface area contributed by atoms with Gasteiger partial charge in [0.1, 0.15) is 5.76 Å².